The molecule has 0 fully saturated rings. The van der Waals surface area contributed by atoms with E-state index < -0.39 is 17.0 Å². The number of hydrogen-bond acceptors (Lipinski definition) is 2. The first-order valence-corrected chi connectivity index (χ1v) is 4.73. The molecule has 0 saturated heterocycles. The van der Waals surface area contributed by atoms with Crippen molar-refractivity contribution in [2.45, 2.75) is 19.3 Å². The summed E-state index contributed by atoms with van der Waals surface area (Å²) >= 11 is 5.58. The summed E-state index contributed by atoms with van der Waals surface area (Å²) in [6.07, 6.45) is 0. The van der Waals surface area contributed by atoms with E-state index >= 15 is 0 Å². The molecule has 0 unspecified atom stereocenters. The standard InChI is InChI=1S/C10H12ClF2NO/c1-10(2,5-15-14)8-7(12)4-3-6(11)9(8)13/h3-4H,5,14H2,1-2H3. The molecule has 5 heteroatoms. The van der Waals surface area contributed by atoms with E-state index in [0.29, 0.717) is 0 Å². The maximum atomic E-state index is 13.6. The van der Waals surface area contributed by atoms with Gasteiger partial charge in [-0.1, -0.05) is 25.4 Å². The summed E-state index contributed by atoms with van der Waals surface area (Å²) in [6, 6.07) is 2.30. The van der Waals surface area contributed by atoms with Crippen molar-refractivity contribution < 1.29 is 13.6 Å². The van der Waals surface area contributed by atoms with Gasteiger partial charge in [-0.05, 0) is 12.1 Å². The first kappa shape index (κ1) is 12.4. The lowest BCUT2D eigenvalue weighted by Crippen LogP contribution is -2.28. The van der Waals surface area contributed by atoms with E-state index in [1.54, 1.807) is 13.8 Å². The number of hydrogen-bond donors (Lipinski definition) is 1. The van der Waals surface area contributed by atoms with Crippen molar-refractivity contribution in [3.63, 3.8) is 0 Å². The Kier molecular flexibility index (Phi) is 3.65. The van der Waals surface area contributed by atoms with Gasteiger partial charge in [0.15, 0.2) is 0 Å². The van der Waals surface area contributed by atoms with E-state index in [9.17, 15) is 8.78 Å². The second kappa shape index (κ2) is 4.43. The van der Waals surface area contributed by atoms with Crippen LogP contribution in [0.15, 0.2) is 12.1 Å². The molecule has 0 heterocycles. The molecular formula is C10H12ClF2NO. The largest absolute Gasteiger partial charge is 0.304 e. The van der Waals surface area contributed by atoms with Crippen LogP contribution in [0.1, 0.15) is 19.4 Å². The van der Waals surface area contributed by atoms with E-state index in [1.165, 1.54) is 6.07 Å². The highest BCUT2D eigenvalue weighted by atomic mass is 35.5. The van der Waals surface area contributed by atoms with Crippen molar-refractivity contribution in [3.05, 3.63) is 34.4 Å². The summed E-state index contributed by atoms with van der Waals surface area (Å²) in [6.45, 7) is 3.25. The average molecular weight is 236 g/mol. The van der Waals surface area contributed by atoms with Crippen molar-refractivity contribution in [2.24, 2.45) is 5.90 Å². The van der Waals surface area contributed by atoms with Gasteiger partial charge in [0.25, 0.3) is 0 Å². The van der Waals surface area contributed by atoms with Gasteiger partial charge in [-0.2, -0.15) is 0 Å². The molecule has 0 radical (unpaired) electrons. The number of nitrogens with two attached hydrogens (primary N) is 1. The Morgan fingerprint density at radius 3 is 2.53 bits per heavy atom. The quantitative estimate of drug-likeness (QED) is 0.646. The van der Waals surface area contributed by atoms with Crippen LogP contribution in [-0.4, -0.2) is 6.61 Å². The third-order valence-electron chi connectivity index (χ3n) is 2.16. The summed E-state index contributed by atoms with van der Waals surface area (Å²) in [5.74, 6) is 3.49. The van der Waals surface area contributed by atoms with Crippen molar-refractivity contribution in [1.29, 1.82) is 0 Å². The van der Waals surface area contributed by atoms with Crippen molar-refractivity contribution in [2.75, 3.05) is 6.61 Å². The topological polar surface area (TPSA) is 35.2 Å². The highest BCUT2D eigenvalue weighted by Crippen LogP contribution is 2.31. The van der Waals surface area contributed by atoms with Crippen molar-refractivity contribution in [1.82, 2.24) is 0 Å². The van der Waals surface area contributed by atoms with Crippen LogP contribution in [0.3, 0.4) is 0 Å². The molecule has 0 saturated carbocycles. The van der Waals surface area contributed by atoms with Gasteiger partial charge >= 0.3 is 0 Å². The van der Waals surface area contributed by atoms with E-state index in [2.05, 4.69) is 4.84 Å². The lowest BCUT2D eigenvalue weighted by Gasteiger charge is -2.24. The fraction of sp³-hybridized carbons (Fsp3) is 0.400. The third-order valence-corrected chi connectivity index (χ3v) is 2.46. The average Bonchev–Trinajstić information content (AvgIpc) is 2.11. The second-order valence-corrected chi connectivity index (χ2v) is 4.32. The highest BCUT2D eigenvalue weighted by Gasteiger charge is 2.29. The monoisotopic (exact) mass is 235 g/mol. The van der Waals surface area contributed by atoms with Crippen molar-refractivity contribution >= 4 is 11.6 Å². The predicted octanol–water partition coefficient (Wildman–Crippen LogP) is 2.79. The maximum Gasteiger partial charge on any atom is 0.148 e. The molecule has 0 aliphatic carbocycles. The van der Waals surface area contributed by atoms with Crippen LogP contribution in [0.5, 0.6) is 0 Å². The van der Waals surface area contributed by atoms with E-state index in [0.717, 1.165) is 6.07 Å². The fourth-order valence-corrected chi connectivity index (χ4v) is 1.59. The SMILES string of the molecule is CC(C)(CON)c1c(F)ccc(Cl)c1F. The molecule has 0 amide bonds. The van der Waals surface area contributed by atoms with Crippen molar-refractivity contribution in [3.8, 4) is 0 Å². The summed E-state index contributed by atoms with van der Waals surface area (Å²) in [4.78, 5) is 4.43. The molecule has 2 nitrogen and oxygen atoms in total. The van der Waals surface area contributed by atoms with Gasteiger partial charge < -0.3 is 4.84 Å². The zero-order valence-electron chi connectivity index (χ0n) is 8.48. The summed E-state index contributed by atoms with van der Waals surface area (Å²) in [5, 5.41) is -0.114. The van der Waals surface area contributed by atoms with Gasteiger partial charge in [-0.3, -0.25) is 0 Å². The lowest BCUT2D eigenvalue weighted by molar-refractivity contribution is 0.0936. The van der Waals surface area contributed by atoms with Gasteiger partial charge in [-0.25, -0.2) is 14.7 Å². The van der Waals surface area contributed by atoms with Crippen LogP contribution in [0.2, 0.25) is 5.02 Å². The van der Waals surface area contributed by atoms with Gasteiger partial charge in [0.05, 0.1) is 11.6 Å². The Labute approximate surface area is 91.9 Å². The van der Waals surface area contributed by atoms with Gasteiger partial charge in [0.2, 0.25) is 0 Å². The van der Waals surface area contributed by atoms with E-state index in [-0.39, 0.29) is 17.2 Å². The lowest BCUT2D eigenvalue weighted by atomic mass is 9.85. The fourth-order valence-electron chi connectivity index (χ4n) is 1.43. The Hall–Kier alpha value is -0.710. The zero-order valence-corrected chi connectivity index (χ0v) is 9.24. The van der Waals surface area contributed by atoms with Gasteiger partial charge in [-0.15, -0.1) is 0 Å². The van der Waals surface area contributed by atoms with Gasteiger partial charge in [0, 0.05) is 11.0 Å². The molecule has 15 heavy (non-hydrogen) atoms. The van der Waals surface area contributed by atoms with Crippen LogP contribution in [0.25, 0.3) is 0 Å². The Morgan fingerprint density at radius 2 is 2.00 bits per heavy atom. The number of halogens is 3. The Morgan fingerprint density at radius 1 is 1.40 bits per heavy atom. The first-order valence-electron chi connectivity index (χ1n) is 4.36. The molecule has 2 N–H and O–H groups in total. The second-order valence-electron chi connectivity index (χ2n) is 3.91. The molecule has 1 aromatic carbocycles. The molecule has 0 atom stereocenters. The van der Waals surface area contributed by atoms with Crippen LogP contribution in [0.4, 0.5) is 8.78 Å². The van der Waals surface area contributed by atoms with Crippen LogP contribution in [0, 0.1) is 11.6 Å². The third kappa shape index (κ3) is 2.45. The molecule has 84 valence electrons. The number of rotatable bonds is 3. The molecule has 0 bridgehead atoms. The predicted molar refractivity (Wildman–Crippen MR) is 54.5 cm³/mol. The number of benzene rings is 1. The molecule has 0 spiro atoms. The van der Waals surface area contributed by atoms with Crippen LogP contribution >= 0.6 is 11.6 Å². The minimum atomic E-state index is -0.867. The summed E-state index contributed by atoms with van der Waals surface area (Å²) in [7, 11) is 0. The maximum absolute atomic E-state index is 13.6. The highest BCUT2D eigenvalue weighted by molar-refractivity contribution is 6.30. The van der Waals surface area contributed by atoms with Crippen LogP contribution < -0.4 is 5.90 Å². The minimum absolute atomic E-state index is 0.00117. The van der Waals surface area contributed by atoms with E-state index in [4.69, 9.17) is 17.5 Å². The molecular weight excluding hydrogens is 224 g/mol. The summed E-state index contributed by atoms with van der Waals surface area (Å²) < 4.78 is 27.1. The first-order chi connectivity index (χ1) is 6.90. The van der Waals surface area contributed by atoms with Gasteiger partial charge in [0.1, 0.15) is 11.6 Å². The molecule has 1 aromatic rings. The summed E-state index contributed by atoms with van der Waals surface area (Å²) in [5.41, 5.74) is -0.978. The normalized spacial score (nSPS) is 11.9. The molecule has 1 rings (SSSR count). The zero-order chi connectivity index (χ0) is 11.6. The molecule has 0 aliphatic rings. The Balaban J connectivity index is 3.29. The van der Waals surface area contributed by atoms with Crippen LogP contribution in [-0.2, 0) is 10.3 Å². The Bertz CT molecular complexity index is 369. The van der Waals surface area contributed by atoms with E-state index in [1.807, 2.05) is 0 Å². The smallest absolute Gasteiger partial charge is 0.148 e. The molecule has 0 aromatic heterocycles. The molecule has 0 aliphatic heterocycles. The minimum Gasteiger partial charge on any atom is -0.304 e.